The summed E-state index contributed by atoms with van der Waals surface area (Å²) in [6, 6.07) is 12.2. The van der Waals surface area contributed by atoms with Gasteiger partial charge in [0, 0.05) is 0 Å². The maximum absolute atomic E-state index is 5.75. The predicted octanol–water partition coefficient (Wildman–Crippen LogP) is 3.86. The van der Waals surface area contributed by atoms with Crippen molar-refractivity contribution in [3.05, 3.63) is 58.0 Å². The van der Waals surface area contributed by atoms with Crippen LogP contribution >= 0.6 is 15.9 Å². The zero-order valence-electron chi connectivity index (χ0n) is 10.6. The van der Waals surface area contributed by atoms with Crippen LogP contribution in [-0.2, 0) is 0 Å². The molecular formula is C15H17BrN2O. The van der Waals surface area contributed by atoms with Gasteiger partial charge in [0.1, 0.15) is 11.8 Å². The number of furan rings is 1. The minimum absolute atomic E-state index is 0.0944. The molecule has 0 spiro atoms. The van der Waals surface area contributed by atoms with Gasteiger partial charge >= 0.3 is 0 Å². The molecule has 0 saturated heterocycles. The fourth-order valence-corrected chi connectivity index (χ4v) is 2.99. The molecule has 3 N–H and O–H groups in total. The van der Waals surface area contributed by atoms with E-state index in [1.165, 1.54) is 30.4 Å². The van der Waals surface area contributed by atoms with E-state index >= 15 is 0 Å². The van der Waals surface area contributed by atoms with Crippen molar-refractivity contribution in [2.75, 3.05) is 0 Å². The highest BCUT2D eigenvalue weighted by atomic mass is 79.9. The highest BCUT2D eigenvalue weighted by molar-refractivity contribution is 9.10. The van der Waals surface area contributed by atoms with Gasteiger partial charge in [0.15, 0.2) is 4.67 Å². The van der Waals surface area contributed by atoms with Crippen molar-refractivity contribution in [3.63, 3.8) is 0 Å². The number of hydrogen-bond donors (Lipinski definition) is 2. The summed E-state index contributed by atoms with van der Waals surface area (Å²) in [5.41, 5.74) is 5.49. The number of hydrazine groups is 1. The van der Waals surface area contributed by atoms with Gasteiger partial charge in [0.2, 0.25) is 0 Å². The first-order valence-electron chi connectivity index (χ1n) is 6.60. The molecular weight excluding hydrogens is 304 g/mol. The lowest BCUT2D eigenvalue weighted by Crippen LogP contribution is -2.30. The normalized spacial score (nSPS) is 17.2. The van der Waals surface area contributed by atoms with Gasteiger partial charge in [-0.3, -0.25) is 5.84 Å². The average Bonchev–Trinajstić information content (AvgIpc) is 2.77. The Hall–Kier alpha value is -1.10. The van der Waals surface area contributed by atoms with Crippen LogP contribution in [0, 0.1) is 0 Å². The summed E-state index contributed by atoms with van der Waals surface area (Å²) in [7, 11) is 0. The molecule has 100 valence electrons. The molecule has 1 aliphatic rings. The lowest BCUT2D eigenvalue weighted by Gasteiger charge is -2.29. The van der Waals surface area contributed by atoms with Gasteiger partial charge in [-0.25, -0.2) is 5.43 Å². The van der Waals surface area contributed by atoms with Gasteiger partial charge in [0.25, 0.3) is 0 Å². The number of rotatable bonds is 4. The van der Waals surface area contributed by atoms with E-state index in [9.17, 15) is 0 Å². The molecule has 1 unspecified atom stereocenters. The molecule has 0 aliphatic heterocycles. The van der Waals surface area contributed by atoms with Crippen molar-refractivity contribution < 1.29 is 4.42 Å². The first-order valence-corrected chi connectivity index (χ1v) is 7.39. The summed E-state index contributed by atoms with van der Waals surface area (Å²) in [6.45, 7) is 0. The van der Waals surface area contributed by atoms with Crippen LogP contribution in [0.4, 0.5) is 0 Å². The molecule has 0 bridgehead atoms. The van der Waals surface area contributed by atoms with Crippen LogP contribution in [0.3, 0.4) is 0 Å². The number of benzene rings is 1. The zero-order valence-corrected chi connectivity index (χ0v) is 12.2. The SMILES string of the molecule is NNC(c1ccc(Br)o1)c1ccccc1C1CCC1. The Kier molecular flexibility index (Phi) is 3.73. The number of nitrogens with one attached hydrogen (secondary N) is 1. The monoisotopic (exact) mass is 320 g/mol. The van der Waals surface area contributed by atoms with Gasteiger partial charge in [-0.15, -0.1) is 0 Å². The van der Waals surface area contributed by atoms with Gasteiger partial charge in [0.05, 0.1) is 0 Å². The largest absolute Gasteiger partial charge is 0.452 e. The summed E-state index contributed by atoms with van der Waals surface area (Å²) in [5.74, 6) is 7.26. The van der Waals surface area contributed by atoms with E-state index in [4.69, 9.17) is 10.3 Å². The van der Waals surface area contributed by atoms with Crippen molar-refractivity contribution in [2.45, 2.75) is 31.2 Å². The summed E-state index contributed by atoms with van der Waals surface area (Å²) >= 11 is 3.34. The second-order valence-corrected chi connectivity index (χ2v) is 5.78. The van der Waals surface area contributed by atoms with Gasteiger partial charge in [-0.05, 0) is 57.9 Å². The summed E-state index contributed by atoms with van der Waals surface area (Å²) in [6.07, 6.45) is 3.87. The summed E-state index contributed by atoms with van der Waals surface area (Å²) < 4.78 is 6.38. The molecule has 1 aromatic heterocycles. The molecule has 1 fully saturated rings. The van der Waals surface area contributed by atoms with Crippen LogP contribution in [0.25, 0.3) is 0 Å². The smallest absolute Gasteiger partial charge is 0.169 e. The molecule has 0 radical (unpaired) electrons. The Labute approximate surface area is 121 Å². The molecule has 19 heavy (non-hydrogen) atoms. The first kappa shape index (κ1) is 12.9. The Morgan fingerprint density at radius 1 is 1.21 bits per heavy atom. The highest BCUT2D eigenvalue weighted by Gasteiger charge is 2.26. The van der Waals surface area contributed by atoms with Crippen LogP contribution in [0.1, 0.15) is 48.1 Å². The molecule has 1 saturated carbocycles. The molecule has 1 atom stereocenters. The minimum atomic E-state index is -0.0944. The van der Waals surface area contributed by atoms with Crippen LogP contribution in [-0.4, -0.2) is 0 Å². The van der Waals surface area contributed by atoms with Gasteiger partial charge < -0.3 is 4.42 Å². The second-order valence-electron chi connectivity index (χ2n) is 5.00. The fraction of sp³-hybridized carbons (Fsp3) is 0.333. The number of hydrogen-bond acceptors (Lipinski definition) is 3. The zero-order chi connectivity index (χ0) is 13.2. The molecule has 3 rings (SSSR count). The number of nitrogens with two attached hydrogens (primary N) is 1. The quantitative estimate of drug-likeness (QED) is 0.664. The predicted molar refractivity (Wildman–Crippen MR) is 78.6 cm³/mol. The second kappa shape index (κ2) is 5.49. The van der Waals surface area contributed by atoms with Crippen LogP contribution < -0.4 is 11.3 Å². The molecule has 1 aliphatic carbocycles. The van der Waals surface area contributed by atoms with E-state index in [1.807, 2.05) is 12.1 Å². The van der Waals surface area contributed by atoms with Crippen molar-refractivity contribution in [1.29, 1.82) is 0 Å². The Bertz CT molecular complexity index is 563. The van der Waals surface area contributed by atoms with Crippen molar-refractivity contribution in [2.24, 2.45) is 5.84 Å². The minimum Gasteiger partial charge on any atom is -0.452 e. The Morgan fingerprint density at radius 2 is 2.00 bits per heavy atom. The molecule has 0 amide bonds. The van der Waals surface area contributed by atoms with E-state index < -0.39 is 0 Å². The average molecular weight is 321 g/mol. The van der Waals surface area contributed by atoms with E-state index in [2.05, 4.69) is 45.6 Å². The van der Waals surface area contributed by atoms with Crippen molar-refractivity contribution in [3.8, 4) is 0 Å². The molecule has 1 aromatic carbocycles. The molecule has 3 nitrogen and oxygen atoms in total. The first-order chi connectivity index (χ1) is 9.29. The third-order valence-corrected chi connectivity index (χ3v) is 4.32. The lowest BCUT2D eigenvalue weighted by atomic mass is 9.77. The van der Waals surface area contributed by atoms with E-state index in [0.29, 0.717) is 5.92 Å². The highest BCUT2D eigenvalue weighted by Crippen LogP contribution is 2.40. The van der Waals surface area contributed by atoms with E-state index in [0.717, 1.165) is 10.4 Å². The lowest BCUT2D eigenvalue weighted by molar-refractivity contribution is 0.404. The Balaban J connectivity index is 1.99. The third-order valence-electron chi connectivity index (χ3n) is 3.90. The van der Waals surface area contributed by atoms with Crippen LogP contribution in [0.5, 0.6) is 0 Å². The van der Waals surface area contributed by atoms with Crippen LogP contribution in [0.2, 0.25) is 0 Å². The topological polar surface area (TPSA) is 51.2 Å². The van der Waals surface area contributed by atoms with Gasteiger partial charge in [-0.2, -0.15) is 0 Å². The van der Waals surface area contributed by atoms with Crippen LogP contribution in [0.15, 0.2) is 45.5 Å². The third kappa shape index (κ3) is 2.48. The molecule has 2 aromatic rings. The standard InChI is InChI=1S/C15H17BrN2O/c16-14-9-8-13(19-14)15(18-17)12-7-2-1-6-11(12)10-4-3-5-10/h1-2,6-10,15,18H,3-5,17H2. The number of halogens is 1. The fourth-order valence-electron chi connectivity index (χ4n) is 2.67. The van der Waals surface area contributed by atoms with E-state index in [1.54, 1.807) is 0 Å². The summed E-state index contributed by atoms with van der Waals surface area (Å²) in [4.78, 5) is 0. The van der Waals surface area contributed by atoms with E-state index in [-0.39, 0.29) is 6.04 Å². The van der Waals surface area contributed by atoms with Crippen molar-refractivity contribution >= 4 is 15.9 Å². The van der Waals surface area contributed by atoms with Gasteiger partial charge in [-0.1, -0.05) is 30.7 Å². The Morgan fingerprint density at radius 3 is 2.58 bits per heavy atom. The van der Waals surface area contributed by atoms with Crippen molar-refractivity contribution in [1.82, 2.24) is 5.43 Å². The summed E-state index contributed by atoms with van der Waals surface area (Å²) in [5, 5.41) is 0. The molecule has 1 heterocycles. The maximum Gasteiger partial charge on any atom is 0.169 e. The maximum atomic E-state index is 5.75. The molecule has 4 heteroatoms.